The van der Waals surface area contributed by atoms with Gasteiger partial charge in [-0.2, -0.15) is 22.5 Å². The quantitative estimate of drug-likeness (QED) is 0.841. The van der Waals surface area contributed by atoms with Crippen LogP contribution in [0, 0.1) is 0 Å². The summed E-state index contributed by atoms with van der Waals surface area (Å²) in [5, 5.41) is 4.32. The molecule has 3 heterocycles. The molecule has 0 spiro atoms. The molecule has 2 aliphatic rings. The number of hydrogen-bond donors (Lipinski definition) is 1. The van der Waals surface area contributed by atoms with E-state index in [2.05, 4.69) is 9.82 Å². The number of hydrogen-bond acceptors (Lipinski definition) is 4. The first-order valence-electron chi connectivity index (χ1n) is 7.03. The second-order valence-electron chi connectivity index (χ2n) is 5.13. The summed E-state index contributed by atoms with van der Waals surface area (Å²) in [7, 11) is -3.42. The summed E-state index contributed by atoms with van der Waals surface area (Å²) in [5.74, 6) is 0. The van der Waals surface area contributed by atoms with Crippen molar-refractivity contribution >= 4 is 10.2 Å². The third-order valence-corrected chi connectivity index (χ3v) is 5.38. The smallest absolute Gasteiger partial charge is 0.279 e. The van der Waals surface area contributed by atoms with E-state index in [9.17, 15) is 8.42 Å². The van der Waals surface area contributed by atoms with E-state index >= 15 is 0 Å². The first-order valence-corrected chi connectivity index (χ1v) is 8.47. The van der Waals surface area contributed by atoms with Crippen LogP contribution in [0.3, 0.4) is 0 Å². The van der Waals surface area contributed by atoms with E-state index in [1.165, 1.54) is 10.00 Å². The van der Waals surface area contributed by atoms with Crippen LogP contribution in [-0.4, -0.2) is 48.8 Å². The molecular formula is C12H20N4O3S. The van der Waals surface area contributed by atoms with Crippen LogP contribution in [0.25, 0.3) is 0 Å². The van der Waals surface area contributed by atoms with Crippen molar-refractivity contribution in [2.45, 2.75) is 32.4 Å². The molecule has 112 valence electrons. The highest BCUT2D eigenvalue weighted by Crippen LogP contribution is 2.18. The molecule has 1 N–H and O–H groups in total. The molecule has 1 aromatic heterocycles. The molecule has 0 bridgehead atoms. The van der Waals surface area contributed by atoms with E-state index in [1.807, 2.05) is 4.68 Å². The molecule has 0 atom stereocenters. The van der Waals surface area contributed by atoms with Gasteiger partial charge in [-0.15, -0.1) is 0 Å². The number of nitrogens with zero attached hydrogens (tertiary/aromatic N) is 3. The molecule has 0 radical (unpaired) electrons. The Kier molecular flexibility index (Phi) is 4.06. The summed E-state index contributed by atoms with van der Waals surface area (Å²) in [6.07, 6.45) is 5.06. The van der Waals surface area contributed by atoms with Crippen LogP contribution in [0.15, 0.2) is 6.20 Å². The van der Waals surface area contributed by atoms with Crippen molar-refractivity contribution in [2.75, 3.05) is 26.3 Å². The van der Waals surface area contributed by atoms with Crippen LogP contribution < -0.4 is 4.72 Å². The number of fused-ring (bicyclic) bond motifs is 1. The van der Waals surface area contributed by atoms with Gasteiger partial charge >= 0.3 is 0 Å². The summed E-state index contributed by atoms with van der Waals surface area (Å²) in [6.45, 7) is 3.01. The molecule has 1 fully saturated rings. The zero-order valence-electron chi connectivity index (χ0n) is 11.4. The third kappa shape index (κ3) is 2.88. The normalized spacial score (nSPS) is 20.8. The van der Waals surface area contributed by atoms with Crippen molar-refractivity contribution < 1.29 is 13.2 Å². The highest BCUT2D eigenvalue weighted by molar-refractivity contribution is 7.87. The van der Waals surface area contributed by atoms with Gasteiger partial charge in [-0.1, -0.05) is 0 Å². The molecule has 0 amide bonds. The third-order valence-electron chi connectivity index (χ3n) is 3.82. The molecule has 7 nitrogen and oxygen atoms in total. The number of aromatic nitrogens is 2. The standard InChI is InChI=1S/C12H20N4O3S/c17-20(18,15-5-7-19-8-6-15)14-10-11-9-13-16-4-2-1-3-12(11)16/h9,14H,1-8,10H2. The largest absolute Gasteiger partial charge is 0.379 e. The van der Waals surface area contributed by atoms with Crippen molar-refractivity contribution in [1.29, 1.82) is 0 Å². The van der Waals surface area contributed by atoms with Gasteiger partial charge in [0.1, 0.15) is 0 Å². The highest BCUT2D eigenvalue weighted by Gasteiger charge is 2.24. The second-order valence-corrected chi connectivity index (χ2v) is 6.89. The molecule has 3 rings (SSSR count). The SMILES string of the molecule is O=S(=O)(NCc1cnn2c1CCCC2)N1CCOCC1. The van der Waals surface area contributed by atoms with Gasteiger partial charge in [0.15, 0.2) is 0 Å². The van der Waals surface area contributed by atoms with Crippen LogP contribution in [0.2, 0.25) is 0 Å². The Hall–Kier alpha value is -0.960. The van der Waals surface area contributed by atoms with E-state index in [1.54, 1.807) is 6.20 Å². The van der Waals surface area contributed by atoms with Crippen molar-refractivity contribution in [1.82, 2.24) is 18.8 Å². The van der Waals surface area contributed by atoms with Gasteiger partial charge in [-0.3, -0.25) is 4.68 Å². The van der Waals surface area contributed by atoms with Gasteiger partial charge in [0.05, 0.1) is 19.4 Å². The molecular weight excluding hydrogens is 280 g/mol. The number of morpholine rings is 1. The van der Waals surface area contributed by atoms with Crippen LogP contribution in [0.5, 0.6) is 0 Å². The Morgan fingerprint density at radius 1 is 1.25 bits per heavy atom. The van der Waals surface area contributed by atoms with Crippen LogP contribution in [0.4, 0.5) is 0 Å². The van der Waals surface area contributed by atoms with Gasteiger partial charge in [-0.05, 0) is 19.3 Å². The average Bonchev–Trinajstić information content (AvgIpc) is 2.89. The summed E-state index contributed by atoms with van der Waals surface area (Å²) in [4.78, 5) is 0. The predicted molar refractivity (Wildman–Crippen MR) is 73.3 cm³/mol. The number of aryl methyl sites for hydroxylation is 1. The zero-order chi connectivity index (χ0) is 14.0. The van der Waals surface area contributed by atoms with Crippen molar-refractivity contribution in [3.8, 4) is 0 Å². The molecule has 0 aromatic carbocycles. The first-order chi connectivity index (χ1) is 9.67. The fourth-order valence-corrected chi connectivity index (χ4v) is 3.83. The predicted octanol–water partition coefficient (Wildman–Crippen LogP) is -0.114. The molecule has 1 saturated heterocycles. The van der Waals surface area contributed by atoms with Crippen molar-refractivity contribution in [2.24, 2.45) is 0 Å². The van der Waals surface area contributed by atoms with E-state index in [4.69, 9.17) is 4.74 Å². The molecule has 2 aliphatic heterocycles. The number of rotatable bonds is 4. The summed E-state index contributed by atoms with van der Waals surface area (Å²) < 4.78 is 35.6. The summed E-state index contributed by atoms with van der Waals surface area (Å²) >= 11 is 0. The van der Waals surface area contributed by atoms with Gasteiger partial charge in [0.25, 0.3) is 10.2 Å². The Bertz CT molecular complexity index is 563. The zero-order valence-corrected chi connectivity index (χ0v) is 12.2. The average molecular weight is 300 g/mol. The number of nitrogens with one attached hydrogen (secondary N) is 1. The molecule has 1 aromatic rings. The van der Waals surface area contributed by atoms with E-state index in [0.717, 1.165) is 31.4 Å². The van der Waals surface area contributed by atoms with E-state index in [0.29, 0.717) is 32.8 Å². The fourth-order valence-electron chi connectivity index (χ4n) is 2.68. The molecule has 20 heavy (non-hydrogen) atoms. The van der Waals surface area contributed by atoms with Crippen LogP contribution >= 0.6 is 0 Å². The lowest BCUT2D eigenvalue weighted by molar-refractivity contribution is 0.0725. The maximum absolute atomic E-state index is 12.2. The van der Waals surface area contributed by atoms with E-state index in [-0.39, 0.29) is 0 Å². The Morgan fingerprint density at radius 2 is 2.05 bits per heavy atom. The molecule has 0 aliphatic carbocycles. The minimum Gasteiger partial charge on any atom is -0.379 e. The van der Waals surface area contributed by atoms with Gasteiger partial charge in [0.2, 0.25) is 0 Å². The Balaban J connectivity index is 1.65. The maximum Gasteiger partial charge on any atom is 0.279 e. The molecule has 0 unspecified atom stereocenters. The van der Waals surface area contributed by atoms with Gasteiger partial charge in [-0.25, -0.2) is 0 Å². The second kappa shape index (κ2) is 5.80. The lowest BCUT2D eigenvalue weighted by Crippen LogP contribution is -2.46. The minimum absolute atomic E-state index is 0.315. The molecule has 8 heteroatoms. The van der Waals surface area contributed by atoms with E-state index < -0.39 is 10.2 Å². The van der Waals surface area contributed by atoms with Gasteiger partial charge < -0.3 is 4.74 Å². The monoisotopic (exact) mass is 300 g/mol. The van der Waals surface area contributed by atoms with Crippen LogP contribution in [-0.2, 0) is 34.5 Å². The molecule has 0 saturated carbocycles. The van der Waals surface area contributed by atoms with Crippen molar-refractivity contribution in [3.63, 3.8) is 0 Å². The topological polar surface area (TPSA) is 76.5 Å². The first kappa shape index (κ1) is 14.0. The highest BCUT2D eigenvalue weighted by atomic mass is 32.2. The minimum atomic E-state index is -3.42. The Labute approximate surface area is 119 Å². The van der Waals surface area contributed by atoms with Gasteiger partial charge in [0, 0.05) is 37.4 Å². The summed E-state index contributed by atoms with van der Waals surface area (Å²) in [6, 6.07) is 0. The fraction of sp³-hybridized carbons (Fsp3) is 0.750. The van der Waals surface area contributed by atoms with Crippen LogP contribution in [0.1, 0.15) is 24.1 Å². The summed E-state index contributed by atoms with van der Waals surface area (Å²) in [5.41, 5.74) is 2.16. The number of ether oxygens (including phenoxy) is 1. The van der Waals surface area contributed by atoms with Crippen molar-refractivity contribution in [3.05, 3.63) is 17.5 Å². The lowest BCUT2D eigenvalue weighted by Gasteiger charge is -2.26. The maximum atomic E-state index is 12.2. The Morgan fingerprint density at radius 3 is 2.85 bits per heavy atom. The lowest BCUT2D eigenvalue weighted by atomic mass is 10.1.